The van der Waals surface area contributed by atoms with E-state index in [1.54, 1.807) is 46.3 Å². The maximum atomic E-state index is 14.1. The van der Waals surface area contributed by atoms with Crippen LogP contribution in [0.3, 0.4) is 0 Å². The first-order valence-corrected chi connectivity index (χ1v) is 14.2. The highest BCUT2D eigenvalue weighted by Crippen LogP contribution is 2.30. The molecule has 0 aromatic heterocycles. The Morgan fingerprint density at radius 3 is 2.41 bits per heavy atom. The zero-order valence-electron chi connectivity index (χ0n) is 24.1. The number of carbonyl (C=O) groups is 4. The molecule has 44 heavy (non-hydrogen) atoms. The quantitative estimate of drug-likeness (QED) is 0.279. The van der Waals surface area contributed by atoms with Gasteiger partial charge in [-0.2, -0.15) is 0 Å². The minimum absolute atomic E-state index is 0.0521. The first-order chi connectivity index (χ1) is 21.2. The monoisotopic (exact) mass is 597 g/mol. The van der Waals surface area contributed by atoms with Crippen LogP contribution in [0.4, 0.5) is 15.3 Å². The molecule has 3 aromatic rings. The fraction of sp³-hybridized carbons (Fsp3) is 0.250. The van der Waals surface area contributed by atoms with Crippen molar-refractivity contribution >= 4 is 29.6 Å². The number of rotatable bonds is 9. The van der Waals surface area contributed by atoms with Crippen molar-refractivity contribution in [2.24, 2.45) is 5.73 Å². The van der Waals surface area contributed by atoms with Gasteiger partial charge >= 0.3 is 12.1 Å². The molecular weight excluding hydrogens is 562 g/mol. The molecule has 2 saturated heterocycles. The Morgan fingerprint density at radius 2 is 1.70 bits per heavy atom. The third-order valence-corrected chi connectivity index (χ3v) is 7.60. The fourth-order valence-electron chi connectivity index (χ4n) is 5.66. The summed E-state index contributed by atoms with van der Waals surface area (Å²) in [6, 6.07) is 20.9. The van der Waals surface area contributed by atoms with E-state index >= 15 is 0 Å². The summed E-state index contributed by atoms with van der Waals surface area (Å²) in [5, 5.41) is 18.5. The van der Waals surface area contributed by atoms with Crippen LogP contribution in [0, 0.1) is 0 Å². The molecule has 12 heteroatoms. The van der Waals surface area contributed by atoms with Crippen LogP contribution in [0.15, 0.2) is 91.5 Å². The summed E-state index contributed by atoms with van der Waals surface area (Å²) in [6.07, 6.45) is 0.998. The highest BCUT2D eigenvalue weighted by molar-refractivity contribution is 5.92. The number of piperazine rings is 1. The van der Waals surface area contributed by atoms with E-state index in [1.165, 1.54) is 22.0 Å². The standard InChI is InChI=1S/C32H35N7O5/c1-2-15-37-21-29(41)38-27(17-22-11-13-26(40)14-12-22)30(42)36(19-24-9-6-10-25(16-24)35-31(33)43)20-28(38)39(37)32(44)34-18-23-7-4-3-5-8-23/h2-14,16,27-28,40H,1,15,17-21H2,(H,34,44)(H3,33,35,43)/t27-,28-/m0/s1. The Morgan fingerprint density at radius 1 is 0.977 bits per heavy atom. The van der Waals surface area contributed by atoms with E-state index < -0.39 is 24.3 Å². The van der Waals surface area contributed by atoms with Crippen LogP contribution >= 0.6 is 0 Å². The first-order valence-electron chi connectivity index (χ1n) is 14.2. The van der Waals surface area contributed by atoms with Gasteiger partial charge in [-0.25, -0.2) is 19.6 Å². The molecule has 6 amide bonds. The van der Waals surface area contributed by atoms with Gasteiger partial charge in [0.1, 0.15) is 18.0 Å². The molecule has 5 rings (SSSR count). The van der Waals surface area contributed by atoms with Crippen LogP contribution in [0.1, 0.15) is 16.7 Å². The van der Waals surface area contributed by atoms with Gasteiger partial charge in [-0.05, 0) is 41.0 Å². The third-order valence-electron chi connectivity index (χ3n) is 7.60. The average Bonchev–Trinajstić information content (AvgIpc) is 2.99. The highest BCUT2D eigenvalue weighted by Gasteiger charge is 2.51. The molecule has 228 valence electrons. The second-order valence-electron chi connectivity index (χ2n) is 10.7. The molecule has 0 saturated carbocycles. The van der Waals surface area contributed by atoms with Crippen LogP contribution < -0.4 is 16.4 Å². The second kappa shape index (κ2) is 13.3. The Hall–Kier alpha value is -5.36. The molecule has 12 nitrogen and oxygen atoms in total. The molecule has 0 radical (unpaired) electrons. The minimum Gasteiger partial charge on any atom is -0.508 e. The average molecular weight is 598 g/mol. The largest absolute Gasteiger partial charge is 0.508 e. The predicted octanol–water partition coefficient (Wildman–Crippen LogP) is 2.62. The molecule has 3 aromatic carbocycles. The van der Waals surface area contributed by atoms with Crippen molar-refractivity contribution in [3.63, 3.8) is 0 Å². The molecule has 2 aliphatic heterocycles. The van der Waals surface area contributed by atoms with Gasteiger partial charge in [-0.15, -0.1) is 6.58 Å². The summed E-state index contributed by atoms with van der Waals surface area (Å²) in [4.78, 5) is 56.2. The molecule has 0 unspecified atom stereocenters. The number of amides is 6. The molecular formula is C32H35N7O5. The van der Waals surface area contributed by atoms with Crippen LogP contribution in [0.25, 0.3) is 0 Å². The van der Waals surface area contributed by atoms with Crippen LogP contribution in [-0.2, 0) is 29.1 Å². The van der Waals surface area contributed by atoms with Crippen molar-refractivity contribution in [1.82, 2.24) is 25.1 Å². The maximum Gasteiger partial charge on any atom is 0.334 e. The molecule has 5 N–H and O–H groups in total. The highest BCUT2D eigenvalue weighted by atomic mass is 16.3. The molecule has 0 aliphatic carbocycles. The van der Waals surface area contributed by atoms with Crippen molar-refractivity contribution in [2.75, 3.05) is 25.0 Å². The number of benzene rings is 3. The van der Waals surface area contributed by atoms with Crippen LogP contribution in [0.5, 0.6) is 5.75 Å². The van der Waals surface area contributed by atoms with E-state index in [9.17, 15) is 24.3 Å². The fourth-order valence-corrected chi connectivity index (χ4v) is 5.66. The number of carbonyl (C=O) groups excluding carboxylic acids is 4. The smallest absolute Gasteiger partial charge is 0.334 e. The maximum absolute atomic E-state index is 14.1. The van der Waals surface area contributed by atoms with Crippen molar-refractivity contribution in [1.29, 1.82) is 0 Å². The second-order valence-corrected chi connectivity index (χ2v) is 10.7. The van der Waals surface area contributed by atoms with Gasteiger partial charge in [0.2, 0.25) is 11.8 Å². The van der Waals surface area contributed by atoms with Crippen molar-refractivity contribution in [3.8, 4) is 5.75 Å². The van der Waals surface area contributed by atoms with Crippen LogP contribution in [-0.4, -0.2) is 80.6 Å². The number of hydrogen-bond donors (Lipinski definition) is 4. The summed E-state index contributed by atoms with van der Waals surface area (Å²) < 4.78 is 0. The number of phenolic OH excluding ortho intramolecular Hbond substituents is 1. The van der Waals surface area contributed by atoms with E-state index in [4.69, 9.17) is 5.73 Å². The summed E-state index contributed by atoms with van der Waals surface area (Å²) in [6.45, 7) is 4.44. The predicted molar refractivity (Wildman–Crippen MR) is 164 cm³/mol. The van der Waals surface area contributed by atoms with Crippen molar-refractivity contribution in [2.45, 2.75) is 31.7 Å². The number of hydrogen-bond acceptors (Lipinski definition) is 6. The number of nitrogens with two attached hydrogens (primary N) is 1. The van der Waals surface area contributed by atoms with E-state index in [-0.39, 0.29) is 56.7 Å². The topological polar surface area (TPSA) is 152 Å². The lowest BCUT2D eigenvalue weighted by atomic mass is 9.98. The normalized spacial score (nSPS) is 18.5. The van der Waals surface area contributed by atoms with E-state index in [0.29, 0.717) is 5.69 Å². The third kappa shape index (κ3) is 6.81. The summed E-state index contributed by atoms with van der Waals surface area (Å²) in [5.74, 6) is -0.478. The Bertz CT molecular complexity index is 1530. The number of phenols is 1. The Balaban J connectivity index is 1.49. The number of nitrogens with one attached hydrogen (secondary N) is 2. The van der Waals surface area contributed by atoms with Gasteiger partial charge in [0.15, 0.2) is 0 Å². The lowest BCUT2D eigenvalue weighted by molar-refractivity contribution is -0.189. The van der Waals surface area contributed by atoms with E-state index in [1.807, 2.05) is 36.4 Å². The Labute approximate surface area is 255 Å². The molecule has 2 fully saturated rings. The Kier molecular flexibility index (Phi) is 9.10. The minimum atomic E-state index is -0.909. The van der Waals surface area contributed by atoms with E-state index in [0.717, 1.165) is 16.7 Å². The van der Waals surface area contributed by atoms with Gasteiger partial charge in [-0.3, -0.25) is 9.59 Å². The van der Waals surface area contributed by atoms with Gasteiger partial charge in [-0.1, -0.05) is 60.7 Å². The lowest BCUT2D eigenvalue weighted by Gasteiger charge is -2.55. The molecule has 2 atom stereocenters. The number of anilines is 1. The van der Waals surface area contributed by atoms with Crippen molar-refractivity contribution < 1.29 is 24.3 Å². The van der Waals surface area contributed by atoms with Gasteiger partial charge < -0.3 is 31.3 Å². The summed E-state index contributed by atoms with van der Waals surface area (Å²) in [5.41, 5.74) is 8.16. The summed E-state index contributed by atoms with van der Waals surface area (Å²) in [7, 11) is 0. The molecule has 2 aliphatic rings. The number of urea groups is 2. The van der Waals surface area contributed by atoms with Gasteiger partial charge in [0, 0.05) is 31.7 Å². The zero-order chi connectivity index (χ0) is 31.2. The molecule has 0 spiro atoms. The molecule has 0 bridgehead atoms. The molecule has 2 heterocycles. The number of primary amides is 1. The van der Waals surface area contributed by atoms with Gasteiger partial charge in [0.05, 0.1) is 13.1 Å². The first kappa shape index (κ1) is 30.1. The number of fused-ring (bicyclic) bond motifs is 1. The number of nitrogens with zero attached hydrogens (tertiary/aromatic N) is 4. The SMILES string of the molecule is C=CCN1CC(=O)N2[C@@H](Cc3ccc(O)cc3)C(=O)N(Cc3cccc(NC(N)=O)c3)C[C@@H]2N1C(=O)NCc1ccccc1. The lowest BCUT2D eigenvalue weighted by Crippen LogP contribution is -2.76. The van der Waals surface area contributed by atoms with E-state index in [2.05, 4.69) is 17.2 Å². The van der Waals surface area contributed by atoms with Crippen LogP contribution in [0.2, 0.25) is 0 Å². The van der Waals surface area contributed by atoms with Crippen molar-refractivity contribution in [3.05, 3.63) is 108 Å². The van der Waals surface area contributed by atoms with Gasteiger partial charge in [0.25, 0.3) is 0 Å². The zero-order valence-corrected chi connectivity index (χ0v) is 24.1. The summed E-state index contributed by atoms with van der Waals surface area (Å²) >= 11 is 0. The number of aromatic hydroxyl groups is 1. The number of hydrazine groups is 1.